The molecular weight excluding hydrogens is 368 g/mol. The summed E-state index contributed by atoms with van der Waals surface area (Å²) in [5, 5.41) is 1.96. The topological polar surface area (TPSA) is 76.2 Å². The zero-order valence-electron chi connectivity index (χ0n) is 15.6. The van der Waals surface area contributed by atoms with Crippen molar-refractivity contribution < 1.29 is 23.9 Å². The number of ether oxygens (including phenoxy) is 2. The summed E-state index contributed by atoms with van der Waals surface area (Å²) in [5.41, 5.74) is -0.499. The first kappa shape index (κ1) is 19.6. The van der Waals surface area contributed by atoms with E-state index in [1.165, 1.54) is 11.8 Å². The minimum atomic E-state index is -0.731. The second-order valence-corrected chi connectivity index (χ2v) is 7.75. The maximum Gasteiger partial charge on any atom is 0.331 e. The van der Waals surface area contributed by atoms with Crippen LogP contribution in [0.3, 0.4) is 0 Å². The highest BCUT2D eigenvalue weighted by Gasteiger charge is 2.49. The van der Waals surface area contributed by atoms with Gasteiger partial charge in [-0.3, -0.25) is 9.59 Å². The molecule has 1 aromatic rings. The van der Waals surface area contributed by atoms with E-state index in [0.717, 1.165) is 4.88 Å². The third-order valence-corrected chi connectivity index (χ3v) is 5.74. The van der Waals surface area contributed by atoms with Crippen LogP contribution in [0.1, 0.15) is 25.1 Å². The van der Waals surface area contributed by atoms with E-state index in [0.29, 0.717) is 26.1 Å². The lowest BCUT2D eigenvalue weighted by atomic mass is 9.90. The average Bonchev–Trinajstić information content (AvgIpc) is 3.03. The van der Waals surface area contributed by atoms with Gasteiger partial charge in [0.25, 0.3) is 0 Å². The predicted molar refractivity (Wildman–Crippen MR) is 101 cm³/mol. The van der Waals surface area contributed by atoms with Crippen LogP contribution in [0.15, 0.2) is 23.6 Å². The Bertz CT molecular complexity index is 724. The zero-order valence-corrected chi connectivity index (χ0v) is 16.4. The standard InChI is InChI=1S/C19H24N2O5S/c1-3-25-18(24)16-11-26-19(8-9-21(16)14(2)22)12-20(13-19)17(23)7-6-15-5-4-10-27-15/h4-7,10,16H,3,8-9,11-13H2,1-2H3/b7-6+. The Labute approximate surface area is 162 Å². The molecule has 8 heteroatoms. The van der Waals surface area contributed by atoms with E-state index in [9.17, 15) is 14.4 Å². The summed E-state index contributed by atoms with van der Waals surface area (Å²) in [4.78, 5) is 40.7. The Kier molecular flexibility index (Phi) is 5.96. The summed E-state index contributed by atoms with van der Waals surface area (Å²) in [6.45, 7) is 4.84. The second kappa shape index (κ2) is 8.22. The molecule has 146 valence electrons. The van der Waals surface area contributed by atoms with Crippen LogP contribution in [0.4, 0.5) is 0 Å². The molecule has 3 rings (SSSR count). The van der Waals surface area contributed by atoms with Gasteiger partial charge in [-0.05, 0) is 30.9 Å². The van der Waals surface area contributed by atoms with E-state index in [2.05, 4.69) is 0 Å². The van der Waals surface area contributed by atoms with Crippen LogP contribution >= 0.6 is 11.3 Å². The first-order chi connectivity index (χ1) is 12.9. The third-order valence-electron chi connectivity index (χ3n) is 4.90. The van der Waals surface area contributed by atoms with Crippen molar-refractivity contribution in [2.75, 3.05) is 32.8 Å². The number of amides is 2. The Morgan fingerprint density at radius 2 is 2.19 bits per heavy atom. The fourth-order valence-corrected chi connectivity index (χ4v) is 4.03. The van der Waals surface area contributed by atoms with Gasteiger partial charge in [0, 0.05) is 24.4 Å². The summed E-state index contributed by atoms with van der Waals surface area (Å²) in [7, 11) is 0. The highest BCUT2D eigenvalue weighted by atomic mass is 32.1. The molecule has 0 aliphatic carbocycles. The molecule has 0 N–H and O–H groups in total. The third kappa shape index (κ3) is 4.39. The van der Waals surface area contributed by atoms with E-state index in [1.807, 2.05) is 17.5 Å². The molecule has 0 aromatic carbocycles. The molecule has 1 unspecified atom stereocenters. The molecule has 1 spiro atoms. The SMILES string of the molecule is CCOC(=O)C1COC2(CCN1C(C)=O)CN(C(=O)/C=C/c1cccs1)C2. The van der Waals surface area contributed by atoms with Crippen molar-refractivity contribution >= 4 is 35.2 Å². The lowest BCUT2D eigenvalue weighted by Gasteiger charge is -2.48. The Balaban J connectivity index is 1.60. The van der Waals surface area contributed by atoms with Gasteiger partial charge in [0.15, 0.2) is 6.04 Å². The molecule has 1 atom stereocenters. The molecule has 2 aliphatic rings. The van der Waals surface area contributed by atoms with Crippen LogP contribution in [0.5, 0.6) is 0 Å². The number of carbonyl (C=O) groups is 3. The van der Waals surface area contributed by atoms with Gasteiger partial charge < -0.3 is 19.3 Å². The summed E-state index contributed by atoms with van der Waals surface area (Å²) < 4.78 is 11.1. The summed E-state index contributed by atoms with van der Waals surface area (Å²) >= 11 is 1.57. The summed E-state index contributed by atoms with van der Waals surface area (Å²) in [5.74, 6) is -0.692. The lowest BCUT2D eigenvalue weighted by molar-refractivity contribution is -0.170. The lowest BCUT2D eigenvalue weighted by Crippen LogP contribution is -2.64. The number of carbonyl (C=O) groups excluding carboxylic acids is 3. The molecular formula is C19H24N2O5S. The van der Waals surface area contributed by atoms with Gasteiger partial charge in [0.1, 0.15) is 5.60 Å². The zero-order chi connectivity index (χ0) is 19.4. The van der Waals surface area contributed by atoms with Crippen LogP contribution in [0.25, 0.3) is 6.08 Å². The van der Waals surface area contributed by atoms with Crippen molar-refractivity contribution in [2.45, 2.75) is 31.9 Å². The fourth-order valence-electron chi connectivity index (χ4n) is 3.41. The van der Waals surface area contributed by atoms with Crippen LogP contribution in [-0.2, 0) is 23.9 Å². The number of likely N-dealkylation sites (tertiary alicyclic amines) is 1. The predicted octanol–water partition coefficient (Wildman–Crippen LogP) is 1.54. The van der Waals surface area contributed by atoms with Gasteiger partial charge in [-0.1, -0.05) is 6.07 Å². The number of hydrogen-bond donors (Lipinski definition) is 0. The molecule has 2 amide bonds. The molecule has 0 radical (unpaired) electrons. The number of esters is 1. The first-order valence-corrected chi connectivity index (χ1v) is 9.90. The van der Waals surface area contributed by atoms with Crippen LogP contribution in [-0.4, -0.2) is 72.1 Å². The Morgan fingerprint density at radius 3 is 2.81 bits per heavy atom. The highest BCUT2D eigenvalue weighted by Crippen LogP contribution is 2.32. The van der Waals surface area contributed by atoms with E-state index < -0.39 is 17.6 Å². The van der Waals surface area contributed by atoms with E-state index in [1.54, 1.807) is 35.3 Å². The molecule has 1 aromatic heterocycles. The van der Waals surface area contributed by atoms with Crippen LogP contribution in [0, 0.1) is 0 Å². The monoisotopic (exact) mass is 392 g/mol. The molecule has 3 heterocycles. The van der Waals surface area contributed by atoms with Crippen molar-refractivity contribution in [3.8, 4) is 0 Å². The second-order valence-electron chi connectivity index (χ2n) is 6.77. The minimum Gasteiger partial charge on any atom is -0.464 e. The van der Waals surface area contributed by atoms with Crippen LogP contribution in [0.2, 0.25) is 0 Å². The molecule has 2 fully saturated rings. The van der Waals surface area contributed by atoms with E-state index in [-0.39, 0.29) is 25.0 Å². The number of thiophene rings is 1. The Morgan fingerprint density at radius 1 is 1.41 bits per heavy atom. The summed E-state index contributed by atoms with van der Waals surface area (Å²) in [6, 6.07) is 3.16. The summed E-state index contributed by atoms with van der Waals surface area (Å²) in [6.07, 6.45) is 3.96. The normalized spacial score (nSPS) is 21.8. The van der Waals surface area contributed by atoms with E-state index >= 15 is 0 Å². The van der Waals surface area contributed by atoms with Crippen molar-refractivity contribution in [3.05, 3.63) is 28.5 Å². The Hall–Kier alpha value is -2.19. The van der Waals surface area contributed by atoms with Gasteiger partial charge >= 0.3 is 5.97 Å². The molecule has 27 heavy (non-hydrogen) atoms. The molecule has 0 bridgehead atoms. The maximum absolute atomic E-state index is 12.3. The van der Waals surface area contributed by atoms with Gasteiger partial charge in [-0.25, -0.2) is 4.79 Å². The maximum atomic E-state index is 12.3. The van der Waals surface area contributed by atoms with Gasteiger partial charge in [0.2, 0.25) is 11.8 Å². The van der Waals surface area contributed by atoms with Gasteiger partial charge in [-0.15, -0.1) is 11.3 Å². The number of hydrogen-bond acceptors (Lipinski definition) is 6. The quantitative estimate of drug-likeness (QED) is 0.574. The smallest absolute Gasteiger partial charge is 0.331 e. The fraction of sp³-hybridized carbons (Fsp3) is 0.526. The van der Waals surface area contributed by atoms with E-state index in [4.69, 9.17) is 9.47 Å². The van der Waals surface area contributed by atoms with Gasteiger partial charge in [0.05, 0.1) is 26.3 Å². The van der Waals surface area contributed by atoms with Crippen LogP contribution < -0.4 is 0 Å². The molecule has 0 saturated carbocycles. The number of rotatable bonds is 4. The van der Waals surface area contributed by atoms with Crippen molar-refractivity contribution in [1.29, 1.82) is 0 Å². The minimum absolute atomic E-state index is 0.0627. The van der Waals surface area contributed by atoms with Crippen molar-refractivity contribution in [2.24, 2.45) is 0 Å². The first-order valence-electron chi connectivity index (χ1n) is 9.02. The largest absolute Gasteiger partial charge is 0.464 e. The van der Waals surface area contributed by atoms with Crippen molar-refractivity contribution in [3.63, 3.8) is 0 Å². The molecule has 7 nitrogen and oxygen atoms in total. The number of nitrogens with zero attached hydrogens (tertiary/aromatic N) is 2. The highest BCUT2D eigenvalue weighted by molar-refractivity contribution is 7.10. The molecule has 2 saturated heterocycles. The molecule has 2 aliphatic heterocycles. The van der Waals surface area contributed by atoms with Gasteiger partial charge in [-0.2, -0.15) is 0 Å². The van der Waals surface area contributed by atoms with Crippen molar-refractivity contribution in [1.82, 2.24) is 9.80 Å². The average molecular weight is 392 g/mol.